The molecule has 196 valence electrons. The van der Waals surface area contributed by atoms with E-state index < -0.39 is 5.60 Å². The fraction of sp³-hybridized carbons (Fsp3) is 0.321. The van der Waals surface area contributed by atoms with Gasteiger partial charge in [-0.25, -0.2) is 4.98 Å². The number of nitrogens with one attached hydrogen (secondary N) is 1. The van der Waals surface area contributed by atoms with Gasteiger partial charge in [0.05, 0.1) is 5.56 Å². The number of carbonyl (C=O) groups is 2. The van der Waals surface area contributed by atoms with Crippen LogP contribution in [0.25, 0.3) is 0 Å². The Balaban J connectivity index is 0.00000380. The second kappa shape index (κ2) is 11.1. The highest BCUT2D eigenvalue weighted by molar-refractivity contribution is 6.04. The van der Waals surface area contributed by atoms with Crippen LogP contribution in [0.2, 0.25) is 0 Å². The number of fused-ring (bicyclic) bond motifs is 1. The number of halogens is 1. The number of benzene rings is 2. The van der Waals surface area contributed by atoms with E-state index >= 15 is 0 Å². The van der Waals surface area contributed by atoms with Gasteiger partial charge >= 0.3 is 5.97 Å². The first kappa shape index (κ1) is 27.8. The Morgan fingerprint density at radius 3 is 2.41 bits per heavy atom. The molecule has 37 heavy (non-hydrogen) atoms. The number of nitrogens with zero attached hydrogens (tertiary/aromatic N) is 1. The molecular weight excluding hydrogens is 494 g/mol. The summed E-state index contributed by atoms with van der Waals surface area (Å²) in [6, 6.07) is 10.4. The fourth-order valence-electron chi connectivity index (χ4n) is 4.29. The van der Waals surface area contributed by atoms with Gasteiger partial charge in [-0.1, -0.05) is 0 Å². The summed E-state index contributed by atoms with van der Waals surface area (Å²) >= 11 is 0. The third-order valence-corrected chi connectivity index (χ3v) is 6.51. The van der Waals surface area contributed by atoms with Gasteiger partial charge in [0.15, 0.2) is 0 Å². The molecular formula is C28H32ClN3O5. The molecule has 0 bridgehead atoms. The summed E-state index contributed by atoms with van der Waals surface area (Å²) in [6.45, 7) is 9.71. The van der Waals surface area contributed by atoms with Crippen molar-refractivity contribution < 1.29 is 23.8 Å². The number of aromatic nitrogens is 1. The standard InChI is InChI=1S/C28H31N3O5.ClH/c1-16-17(2)26-23(18(3)25(16)35-19(4)32)12-13-28(5,36-26)15-34-22-9-7-21(8-10-22)31-27(33)20-6-11-24(29)30-14-20;/h6-11,14H,12-13,15H2,1-5H3,(H2,29,30)(H,31,33);1H. The molecule has 0 aliphatic carbocycles. The smallest absolute Gasteiger partial charge is 0.308 e. The van der Waals surface area contributed by atoms with E-state index in [1.54, 1.807) is 24.3 Å². The second-order valence-electron chi connectivity index (χ2n) is 9.40. The molecule has 3 aromatic rings. The summed E-state index contributed by atoms with van der Waals surface area (Å²) in [5.74, 6) is 1.90. The summed E-state index contributed by atoms with van der Waals surface area (Å²) in [5, 5.41) is 2.83. The molecule has 4 rings (SSSR count). The maximum absolute atomic E-state index is 12.4. The van der Waals surface area contributed by atoms with Gasteiger partial charge in [0.2, 0.25) is 0 Å². The van der Waals surface area contributed by atoms with Gasteiger partial charge in [-0.3, -0.25) is 9.59 Å². The van der Waals surface area contributed by atoms with Crippen LogP contribution >= 0.6 is 12.4 Å². The van der Waals surface area contributed by atoms with E-state index in [2.05, 4.69) is 10.3 Å². The summed E-state index contributed by atoms with van der Waals surface area (Å²) in [5.41, 5.74) is 10.0. The number of amides is 1. The van der Waals surface area contributed by atoms with Crippen molar-refractivity contribution in [2.24, 2.45) is 0 Å². The Kier molecular flexibility index (Phi) is 8.33. The Labute approximate surface area is 222 Å². The SMILES string of the molecule is CC(=O)Oc1c(C)c(C)c2c(c1C)CCC(C)(COc1ccc(NC(=O)c3ccc(N)nc3)cc1)O2.Cl. The van der Waals surface area contributed by atoms with Crippen molar-refractivity contribution >= 4 is 35.8 Å². The second-order valence-corrected chi connectivity index (χ2v) is 9.40. The largest absolute Gasteiger partial charge is 0.489 e. The molecule has 1 atom stereocenters. The van der Waals surface area contributed by atoms with E-state index in [-0.39, 0.29) is 24.3 Å². The number of nitrogen functional groups attached to an aromatic ring is 1. The van der Waals surface area contributed by atoms with E-state index in [9.17, 15) is 9.59 Å². The average molecular weight is 526 g/mol. The number of carbonyl (C=O) groups excluding carboxylic acids is 2. The Morgan fingerprint density at radius 2 is 1.78 bits per heavy atom. The van der Waals surface area contributed by atoms with Crippen LogP contribution in [0.5, 0.6) is 17.2 Å². The third-order valence-electron chi connectivity index (χ3n) is 6.51. The molecule has 3 N–H and O–H groups in total. The van der Waals surface area contributed by atoms with E-state index in [0.717, 1.165) is 40.8 Å². The van der Waals surface area contributed by atoms with Crippen LogP contribution in [0.3, 0.4) is 0 Å². The van der Waals surface area contributed by atoms with Crippen LogP contribution < -0.4 is 25.3 Å². The predicted molar refractivity (Wildman–Crippen MR) is 145 cm³/mol. The van der Waals surface area contributed by atoms with E-state index in [0.29, 0.717) is 35.2 Å². The van der Waals surface area contributed by atoms with Crippen molar-refractivity contribution in [2.45, 2.75) is 53.1 Å². The lowest BCUT2D eigenvalue weighted by Gasteiger charge is -2.37. The Morgan fingerprint density at radius 1 is 1.08 bits per heavy atom. The topological polar surface area (TPSA) is 113 Å². The maximum Gasteiger partial charge on any atom is 0.308 e. The van der Waals surface area contributed by atoms with E-state index in [4.69, 9.17) is 19.9 Å². The molecule has 1 aliphatic heterocycles. The maximum atomic E-state index is 12.4. The van der Waals surface area contributed by atoms with Crippen LogP contribution in [0.1, 0.15) is 52.9 Å². The molecule has 2 aromatic carbocycles. The molecule has 1 aliphatic rings. The molecule has 1 aromatic heterocycles. The zero-order valence-electron chi connectivity index (χ0n) is 21.6. The number of ether oxygens (including phenoxy) is 3. The van der Waals surface area contributed by atoms with Crippen molar-refractivity contribution in [3.05, 3.63) is 70.4 Å². The molecule has 0 saturated heterocycles. The van der Waals surface area contributed by atoms with Gasteiger partial charge in [-0.05, 0) is 93.6 Å². The monoisotopic (exact) mass is 525 g/mol. The quantitative estimate of drug-likeness (QED) is 0.329. The lowest BCUT2D eigenvalue weighted by Crippen LogP contribution is -2.42. The van der Waals surface area contributed by atoms with Gasteiger partial charge in [0.1, 0.15) is 35.3 Å². The van der Waals surface area contributed by atoms with Crippen molar-refractivity contribution in [2.75, 3.05) is 17.7 Å². The lowest BCUT2D eigenvalue weighted by atomic mass is 9.87. The molecule has 0 saturated carbocycles. The third kappa shape index (κ3) is 6.14. The lowest BCUT2D eigenvalue weighted by molar-refractivity contribution is -0.132. The van der Waals surface area contributed by atoms with Crippen molar-refractivity contribution in [3.8, 4) is 17.2 Å². The van der Waals surface area contributed by atoms with Crippen LogP contribution in [0.4, 0.5) is 11.5 Å². The fourth-order valence-corrected chi connectivity index (χ4v) is 4.29. The van der Waals surface area contributed by atoms with Gasteiger partial charge in [-0.15, -0.1) is 12.4 Å². The highest BCUT2D eigenvalue weighted by Gasteiger charge is 2.35. The first-order chi connectivity index (χ1) is 17.1. The summed E-state index contributed by atoms with van der Waals surface area (Å²) in [4.78, 5) is 27.9. The Bertz CT molecular complexity index is 1310. The number of hydrogen-bond acceptors (Lipinski definition) is 7. The minimum atomic E-state index is -0.519. The zero-order chi connectivity index (χ0) is 26.0. The number of nitrogens with two attached hydrogens (primary N) is 1. The molecule has 1 amide bonds. The highest BCUT2D eigenvalue weighted by Crippen LogP contribution is 2.44. The zero-order valence-corrected chi connectivity index (χ0v) is 22.5. The van der Waals surface area contributed by atoms with Crippen molar-refractivity contribution in [1.82, 2.24) is 4.98 Å². The average Bonchev–Trinajstić information content (AvgIpc) is 2.85. The number of esters is 1. The highest BCUT2D eigenvalue weighted by atomic mass is 35.5. The molecule has 8 nitrogen and oxygen atoms in total. The summed E-state index contributed by atoms with van der Waals surface area (Å²) in [6.07, 6.45) is 2.99. The van der Waals surface area contributed by atoms with Crippen molar-refractivity contribution in [3.63, 3.8) is 0 Å². The molecule has 0 spiro atoms. The predicted octanol–water partition coefficient (Wildman–Crippen LogP) is 5.35. The van der Waals surface area contributed by atoms with Gasteiger partial charge in [0.25, 0.3) is 5.91 Å². The van der Waals surface area contributed by atoms with Gasteiger partial charge < -0.3 is 25.3 Å². The van der Waals surface area contributed by atoms with Crippen LogP contribution in [0.15, 0.2) is 42.6 Å². The van der Waals surface area contributed by atoms with Crippen molar-refractivity contribution in [1.29, 1.82) is 0 Å². The molecule has 1 unspecified atom stereocenters. The number of anilines is 2. The first-order valence-electron chi connectivity index (χ1n) is 11.8. The molecule has 2 heterocycles. The number of pyridine rings is 1. The minimum Gasteiger partial charge on any atom is -0.489 e. The molecule has 0 fully saturated rings. The summed E-state index contributed by atoms with van der Waals surface area (Å²) in [7, 11) is 0. The first-order valence-corrected chi connectivity index (χ1v) is 11.8. The normalized spacial score (nSPS) is 16.0. The van der Waals surface area contributed by atoms with E-state index in [1.807, 2.05) is 39.8 Å². The number of rotatable bonds is 6. The van der Waals surface area contributed by atoms with Gasteiger partial charge in [-0.2, -0.15) is 0 Å². The Hall–Kier alpha value is -3.78. The minimum absolute atomic E-state index is 0. The van der Waals surface area contributed by atoms with E-state index in [1.165, 1.54) is 13.1 Å². The molecule has 9 heteroatoms. The van der Waals surface area contributed by atoms with Crippen LogP contribution in [-0.2, 0) is 11.2 Å². The summed E-state index contributed by atoms with van der Waals surface area (Å²) < 4.78 is 18.0. The molecule has 0 radical (unpaired) electrons. The van der Waals surface area contributed by atoms with Crippen LogP contribution in [0, 0.1) is 20.8 Å². The number of hydrogen-bond donors (Lipinski definition) is 2. The van der Waals surface area contributed by atoms with Crippen LogP contribution in [-0.4, -0.2) is 29.1 Å². The van der Waals surface area contributed by atoms with Gasteiger partial charge in [0, 0.05) is 24.4 Å².